The molecule has 0 aliphatic carbocycles. The number of anilines is 1. The second kappa shape index (κ2) is 5.88. The molecule has 8 heteroatoms. The zero-order valence-corrected chi connectivity index (χ0v) is 13.6. The zero-order valence-electron chi connectivity index (χ0n) is 13.6. The lowest BCUT2D eigenvalue weighted by Gasteiger charge is -2.18. The molecule has 2 aromatic heterocycles. The molecule has 0 radical (unpaired) electrons. The van der Waals surface area contributed by atoms with Crippen LogP contribution in [-0.2, 0) is 5.54 Å². The summed E-state index contributed by atoms with van der Waals surface area (Å²) in [7, 11) is 0. The van der Waals surface area contributed by atoms with Gasteiger partial charge in [-0.2, -0.15) is 5.10 Å². The van der Waals surface area contributed by atoms with E-state index in [2.05, 4.69) is 20.7 Å². The summed E-state index contributed by atoms with van der Waals surface area (Å²) in [5.41, 5.74) is 1.17. The number of amides is 1. The van der Waals surface area contributed by atoms with Gasteiger partial charge in [0.15, 0.2) is 5.69 Å². The Morgan fingerprint density at radius 2 is 1.88 bits per heavy atom. The van der Waals surface area contributed by atoms with Gasteiger partial charge in [0.25, 0.3) is 5.91 Å². The summed E-state index contributed by atoms with van der Waals surface area (Å²) in [4.78, 5) is 12.2. The monoisotopic (exact) mass is 328 g/mol. The highest BCUT2D eigenvalue weighted by Crippen LogP contribution is 2.16. The van der Waals surface area contributed by atoms with Gasteiger partial charge in [-0.15, -0.1) is 5.10 Å². The third-order valence-corrected chi connectivity index (χ3v) is 3.34. The number of hydrogen-bond donors (Lipinski definition) is 1. The number of halogens is 1. The fraction of sp³-hybridized carbons (Fsp3) is 0.250. The van der Waals surface area contributed by atoms with Crippen molar-refractivity contribution in [3.63, 3.8) is 0 Å². The van der Waals surface area contributed by atoms with Crippen molar-refractivity contribution in [2.75, 3.05) is 5.32 Å². The van der Waals surface area contributed by atoms with Gasteiger partial charge in [-0.25, -0.2) is 9.07 Å². The third kappa shape index (κ3) is 3.32. The van der Waals surface area contributed by atoms with Crippen molar-refractivity contribution < 1.29 is 9.18 Å². The van der Waals surface area contributed by atoms with Gasteiger partial charge in [-0.05, 0) is 45.0 Å². The fourth-order valence-corrected chi connectivity index (χ4v) is 2.04. The predicted octanol–water partition coefficient (Wildman–Crippen LogP) is 2.61. The van der Waals surface area contributed by atoms with Gasteiger partial charge in [0.2, 0.25) is 0 Å². The lowest BCUT2D eigenvalue weighted by Crippen LogP contribution is -2.22. The number of carbonyl (C=O) groups excluding carboxylic acids is 1. The molecule has 0 spiro atoms. The number of hydrogen-bond acceptors (Lipinski definition) is 4. The standard InChI is InChI=1S/C16H17FN6O/c1-16(2,3)23-9-12(8-18-23)19-15(24)14-10-22(21-20-14)13-6-4-11(17)5-7-13/h4-10H,1-3H3,(H,19,24). The van der Waals surface area contributed by atoms with Crippen LogP contribution < -0.4 is 5.32 Å². The van der Waals surface area contributed by atoms with Crippen molar-refractivity contribution in [3.8, 4) is 5.69 Å². The van der Waals surface area contributed by atoms with Crippen molar-refractivity contribution in [3.05, 3.63) is 54.4 Å². The topological polar surface area (TPSA) is 77.6 Å². The van der Waals surface area contributed by atoms with Crippen LogP contribution in [0.15, 0.2) is 42.9 Å². The van der Waals surface area contributed by atoms with Crippen LogP contribution in [0.4, 0.5) is 10.1 Å². The van der Waals surface area contributed by atoms with Crippen molar-refractivity contribution in [1.82, 2.24) is 24.8 Å². The van der Waals surface area contributed by atoms with E-state index in [1.165, 1.54) is 23.0 Å². The Morgan fingerprint density at radius 3 is 2.50 bits per heavy atom. The van der Waals surface area contributed by atoms with E-state index in [9.17, 15) is 9.18 Å². The molecule has 7 nitrogen and oxygen atoms in total. The van der Waals surface area contributed by atoms with E-state index in [1.807, 2.05) is 20.8 Å². The lowest BCUT2D eigenvalue weighted by atomic mass is 10.1. The van der Waals surface area contributed by atoms with E-state index in [0.29, 0.717) is 11.4 Å². The molecule has 0 aliphatic heterocycles. The molecule has 24 heavy (non-hydrogen) atoms. The van der Waals surface area contributed by atoms with Crippen molar-refractivity contribution in [2.45, 2.75) is 26.3 Å². The molecular weight excluding hydrogens is 311 g/mol. The van der Waals surface area contributed by atoms with E-state index in [-0.39, 0.29) is 17.1 Å². The quantitative estimate of drug-likeness (QED) is 0.802. The molecule has 3 rings (SSSR count). The van der Waals surface area contributed by atoms with Crippen LogP contribution in [-0.4, -0.2) is 30.7 Å². The highest BCUT2D eigenvalue weighted by Gasteiger charge is 2.16. The second-order valence-corrected chi connectivity index (χ2v) is 6.32. The molecule has 0 saturated heterocycles. The minimum atomic E-state index is -0.392. The molecule has 3 aromatic rings. The summed E-state index contributed by atoms with van der Waals surface area (Å²) in [5.74, 6) is -0.732. The summed E-state index contributed by atoms with van der Waals surface area (Å²) in [6.07, 6.45) is 4.81. The Kier molecular flexibility index (Phi) is 3.88. The summed E-state index contributed by atoms with van der Waals surface area (Å²) in [5, 5.41) is 14.7. The first-order chi connectivity index (χ1) is 11.3. The SMILES string of the molecule is CC(C)(C)n1cc(NC(=O)c2cn(-c3ccc(F)cc3)nn2)cn1. The molecule has 0 aliphatic rings. The number of nitrogens with zero attached hydrogens (tertiary/aromatic N) is 5. The third-order valence-electron chi connectivity index (χ3n) is 3.34. The maximum Gasteiger partial charge on any atom is 0.277 e. The number of nitrogens with one attached hydrogen (secondary N) is 1. The highest BCUT2D eigenvalue weighted by molar-refractivity contribution is 6.02. The summed E-state index contributed by atoms with van der Waals surface area (Å²) < 4.78 is 16.1. The van der Waals surface area contributed by atoms with Crippen molar-refractivity contribution >= 4 is 11.6 Å². The van der Waals surface area contributed by atoms with Gasteiger partial charge in [-0.3, -0.25) is 9.48 Å². The van der Waals surface area contributed by atoms with Gasteiger partial charge in [0.1, 0.15) is 5.82 Å². The number of aromatic nitrogens is 5. The molecule has 0 unspecified atom stereocenters. The average Bonchev–Trinajstić information content (AvgIpc) is 3.16. The molecular formula is C16H17FN6O. The first-order valence-corrected chi connectivity index (χ1v) is 7.38. The maximum absolute atomic E-state index is 12.9. The average molecular weight is 328 g/mol. The van der Waals surface area contributed by atoms with Crippen LogP contribution in [0.1, 0.15) is 31.3 Å². The zero-order chi connectivity index (χ0) is 17.3. The first kappa shape index (κ1) is 15.9. The molecule has 0 fully saturated rings. The van der Waals surface area contributed by atoms with E-state index in [0.717, 1.165) is 0 Å². The molecule has 124 valence electrons. The van der Waals surface area contributed by atoms with Crippen LogP contribution >= 0.6 is 0 Å². The largest absolute Gasteiger partial charge is 0.318 e. The first-order valence-electron chi connectivity index (χ1n) is 7.38. The fourth-order valence-electron chi connectivity index (χ4n) is 2.04. The van der Waals surface area contributed by atoms with E-state index in [4.69, 9.17) is 0 Å². The summed E-state index contributed by atoms with van der Waals surface area (Å²) >= 11 is 0. The molecule has 0 atom stereocenters. The Labute approximate surface area is 138 Å². The van der Waals surface area contributed by atoms with Gasteiger partial charge >= 0.3 is 0 Å². The van der Waals surface area contributed by atoms with Gasteiger partial charge in [-0.1, -0.05) is 5.21 Å². The summed E-state index contributed by atoms with van der Waals surface area (Å²) in [6.45, 7) is 6.04. The normalized spacial score (nSPS) is 11.5. The Balaban J connectivity index is 1.74. The molecule has 1 amide bonds. The Hall–Kier alpha value is -3.03. The summed E-state index contributed by atoms with van der Waals surface area (Å²) in [6, 6.07) is 5.74. The molecule has 1 N–H and O–H groups in total. The van der Waals surface area contributed by atoms with Gasteiger partial charge in [0.05, 0.1) is 29.3 Å². The van der Waals surface area contributed by atoms with Crippen molar-refractivity contribution in [1.29, 1.82) is 0 Å². The van der Waals surface area contributed by atoms with Gasteiger partial charge in [0, 0.05) is 6.20 Å². The Morgan fingerprint density at radius 1 is 1.17 bits per heavy atom. The van der Waals surface area contributed by atoms with Crippen LogP contribution in [0, 0.1) is 5.82 Å². The molecule has 0 bridgehead atoms. The van der Waals surface area contributed by atoms with E-state index in [1.54, 1.807) is 29.2 Å². The maximum atomic E-state index is 12.9. The molecule has 1 aromatic carbocycles. The minimum Gasteiger partial charge on any atom is -0.318 e. The van der Waals surface area contributed by atoms with Crippen LogP contribution in [0.3, 0.4) is 0 Å². The second-order valence-electron chi connectivity index (χ2n) is 6.32. The van der Waals surface area contributed by atoms with Crippen LogP contribution in [0.2, 0.25) is 0 Å². The highest BCUT2D eigenvalue weighted by atomic mass is 19.1. The number of rotatable bonds is 3. The Bertz CT molecular complexity index is 859. The van der Waals surface area contributed by atoms with E-state index < -0.39 is 5.91 Å². The smallest absolute Gasteiger partial charge is 0.277 e. The number of benzene rings is 1. The van der Waals surface area contributed by atoms with Crippen molar-refractivity contribution in [2.24, 2.45) is 0 Å². The minimum absolute atomic E-state index is 0.155. The molecule has 0 saturated carbocycles. The van der Waals surface area contributed by atoms with Crippen LogP contribution in [0.5, 0.6) is 0 Å². The lowest BCUT2D eigenvalue weighted by molar-refractivity contribution is 0.102. The van der Waals surface area contributed by atoms with Crippen LogP contribution in [0.25, 0.3) is 5.69 Å². The van der Waals surface area contributed by atoms with Gasteiger partial charge < -0.3 is 5.32 Å². The molecule has 2 heterocycles. The van der Waals surface area contributed by atoms with E-state index >= 15 is 0 Å². The predicted molar refractivity (Wildman–Crippen MR) is 86.5 cm³/mol. The number of carbonyl (C=O) groups is 1.